The molecular formula is C24H24F6N4O4S2. The first kappa shape index (κ1) is 31.2. The minimum absolute atomic E-state index is 0.156. The Kier molecular flexibility index (Phi) is 9.06. The molecule has 8 nitrogen and oxygen atoms in total. The second kappa shape index (κ2) is 11.6. The number of anilines is 2. The Hall–Kier alpha value is -3.37. The molecule has 218 valence electrons. The van der Waals surface area contributed by atoms with E-state index in [1.807, 2.05) is 32.7 Å². The number of hydrogen-bond acceptors (Lipinski definition) is 8. The van der Waals surface area contributed by atoms with Crippen LogP contribution in [0.5, 0.6) is 0 Å². The highest BCUT2D eigenvalue weighted by Gasteiger charge is 2.46. The summed E-state index contributed by atoms with van der Waals surface area (Å²) in [7, 11) is -3.60. The molecule has 0 aliphatic rings. The number of hydrogen-bond donors (Lipinski definition) is 1. The monoisotopic (exact) mass is 610 g/mol. The molecule has 0 aliphatic carbocycles. The molecule has 0 fully saturated rings. The van der Waals surface area contributed by atoms with Gasteiger partial charge in [-0.1, -0.05) is 16.6 Å². The van der Waals surface area contributed by atoms with E-state index in [1.54, 1.807) is 6.07 Å². The molecule has 1 heterocycles. The van der Waals surface area contributed by atoms with Crippen molar-refractivity contribution in [3.05, 3.63) is 69.8 Å². The van der Waals surface area contributed by atoms with E-state index in [4.69, 9.17) is 0 Å². The number of halogens is 6. The average Bonchev–Trinajstić information content (AvgIpc) is 3.37. The van der Waals surface area contributed by atoms with Gasteiger partial charge in [-0.3, -0.25) is 4.90 Å². The van der Waals surface area contributed by atoms with E-state index in [2.05, 4.69) is 15.1 Å². The highest BCUT2D eigenvalue weighted by atomic mass is 32.2. The molecule has 1 aromatic heterocycles. The number of benzene rings is 2. The second-order valence-electron chi connectivity index (χ2n) is 9.45. The quantitative estimate of drug-likeness (QED) is 0.249. The third kappa shape index (κ3) is 6.85. The van der Waals surface area contributed by atoms with Gasteiger partial charge in [-0.15, -0.1) is 11.3 Å². The highest BCUT2D eigenvalue weighted by Crippen LogP contribution is 2.31. The van der Waals surface area contributed by atoms with Crippen LogP contribution in [0.25, 0.3) is 0 Å². The van der Waals surface area contributed by atoms with Gasteiger partial charge < -0.3 is 10.2 Å². The van der Waals surface area contributed by atoms with E-state index in [0.717, 1.165) is 28.3 Å². The Labute approximate surface area is 230 Å². The summed E-state index contributed by atoms with van der Waals surface area (Å²) in [5, 5.41) is 3.44. The molecular weight excluding hydrogens is 586 g/mol. The maximum absolute atomic E-state index is 15.0. The summed E-state index contributed by atoms with van der Waals surface area (Å²) in [6.07, 6.45) is -5.60. The number of rotatable bonds is 9. The van der Waals surface area contributed by atoms with Crippen LogP contribution in [0.15, 0.2) is 46.1 Å². The highest BCUT2D eigenvalue weighted by molar-refractivity contribution is 7.92. The summed E-state index contributed by atoms with van der Waals surface area (Å²) >= 11 is 0.734. The number of alkyl halides is 3. The molecule has 16 heteroatoms. The second-order valence-corrected chi connectivity index (χ2v) is 11.9. The maximum Gasteiger partial charge on any atom is 0.493 e. The van der Waals surface area contributed by atoms with Gasteiger partial charge in [0, 0.05) is 29.6 Å². The first-order chi connectivity index (χ1) is 18.4. The lowest BCUT2D eigenvalue weighted by molar-refractivity contribution is -0.199. The summed E-state index contributed by atoms with van der Waals surface area (Å²) < 4.78 is 108. The number of sulfonamides is 1. The number of thiazole rings is 1. The van der Waals surface area contributed by atoms with E-state index >= 15 is 4.39 Å². The summed E-state index contributed by atoms with van der Waals surface area (Å²) in [6.45, 7) is 5.89. The molecule has 0 saturated carbocycles. The minimum atomic E-state index is -5.60. The standard InChI is InChI=1S/C24H24F6N4O4S2/c1-23(2,3)33(4)11-14-6-5-7-16(25)15(14)10-31-17-8-9-18(21(27)20(17)26)40(36,37)34(19-12-39-13-32-19)38-22(35)24(28,29)30/h5-9,12-13,31H,10-11H2,1-4H3. The fraction of sp³-hybridized carbons (Fsp3) is 0.333. The third-order valence-electron chi connectivity index (χ3n) is 5.77. The average molecular weight is 611 g/mol. The fourth-order valence-corrected chi connectivity index (χ4v) is 5.05. The Morgan fingerprint density at radius 3 is 2.33 bits per heavy atom. The topological polar surface area (TPSA) is 91.8 Å². The summed E-state index contributed by atoms with van der Waals surface area (Å²) in [5.41, 5.74) is 0.926. The number of carbonyl (C=O) groups excluding carboxylic acids is 1. The van der Waals surface area contributed by atoms with Crippen molar-refractivity contribution in [2.24, 2.45) is 0 Å². The van der Waals surface area contributed by atoms with Gasteiger partial charge in [0.15, 0.2) is 17.5 Å². The van der Waals surface area contributed by atoms with Crippen LogP contribution in [0.3, 0.4) is 0 Å². The molecule has 0 unspecified atom stereocenters. The van der Waals surface area contributed by atoms with Crippen LogP contribution >= 0.6 is 11.3 Å². The Balaban J connectivity index is 1.92. The molecule has 0 atom stereocenters. The zero-order valence-corrected chi connectivity index (χ0v) is 23.1. The molecule has 3 aromatic rings. The van der Waals surface area contributed by atoms with E-state index < -0.39 is 60.5 Å². The van der Waals surface area contributed by atoms with Gasteiger partial charge in [0.25, 0.3) is 10.0 Å². The summed E-state index contributed by atoms with van der Waals surface area (Å²) in [4.78, 5) is 19.3. The largest absolute Gasteiger partial charge is 0.493 e. The van der Waals surface area contributed by atoms with Crippen LogP contribution < -0.4 is 9.79 Å². The van der Waals surface area contributed by atoms with Gasteiger partial charge in [0.1, 0.15) is 10.7 Å². The van der Waals surface area contributed by atoms with Crippen molar-refractivity contribution < 1.29 is 44.4 Å². The van der Waals surface area contributed by atoms with Crippen LogP contribution in [0.1, 0.15) is 31.9 Å². The number of aromatic nitrogens is 1. The minimum Gasteiger partial charge on any atom is -0.378 e. The van der Waals surface area contributed by atoms with Gasteiger partial charge in [-0.2, -0.15) is 21.6 Å². The number of carbonyl (C=O) groups is 1. The zero-order valence-electron chi connectivity index (χ0n) is 21.5. The predicted octanol–water partition coefficient (Wildman–Crippen LogP) is 5.62. The Morgan fingerprint density at radius 2 is 1.75 bits per heavy atom. The maximum atomic E-state index is 15.0. The van der Waals surface area contributed by atoms with Crippen LogP contribution in [0.4, 0.5) is 37.8 Å². The molecule has 1 N–H and O–H groups in total. The van der Waals surface area contributed by atoms with Crippen molar-refractivity contribution in [1.82, 2.24) is 9.88 Å². The van der Waals surface area contributed by atoms with Crippen molar-refractivity contribution in [2.45, 2.75) is 50.5 Å². The van der Waals surface area contributed by atoms with E-state index in [-0.39, 0.29) is 17.6 Å². The van der Waals surface area contributed by atoms with Gasteiger partial charge >= 0.3 is 12.1 Å². The molecule has 0 radical (unpaired) electrons. The van der Waals surface area contributed by atoms with E-state index in [9.17, 15) is 35.2 Å². The van der Waals surface area contributed by atoms with Crippen molar-refractivity contribution in [1.29, 1.82) is 0 Å². The molecule has 2 aromatic carbocycles. The van der Waals surface area contributed by atoms with Gasteiger partial charge in [-0.05, 0) is 51.6 Å². The zero-order chi connectivity index (χ0) is 30.0. The van der Waals surface area contributed by atoms with Crippen LogP contribution in [-0.2, 0) is 32.7 Å². The molecule has 0 spiro atoms. The Morgan fingerprint density at radius 1 is 1.07 bits per heavy atom. The van der Waals surface area contributed by atoms with Crippen LogP contribution in [0.2, 0.25) is 0 Å². The number of nitrogens with one attached hydrogen (secondary N) is 1. The molecule has 0 saturated heterocycles. The first-order valence-electron chi connectivity index (χ1n) is 11.4. The summed E-state index contributed by atoms with van der Waals surface area (Å²) in [5.74, 6) is -8.03. The molecule has 3 rings (SSSR count). The van der Waals surface area contributed by atoms with Crippen LogP contribution in [-0.4, -0.2) is 43.0 Å². The van der Waals surface area contributed by atoms with Crippen molar-refractivity contribution in [2.75, 3.05) is 16.8 Å². The van der Waals surface area contributed by atoms with Crippen molar-refractivity contribution in [3.8, 4) is 0 Å². The van der Waals surface area contributed by atoms with Crippen molar-refractivity contribution in [3.63, 3.8) is 0 Å². The molecule has 0 amide bonds. The lowest BCUT2D eigenvalue weighted by Gasteiger charge is -2.32. The van der Waals surface area contributed by atoms with Gasteiger partial charge in [0.2, 0.25) is 0 Å². The molecule has 0 aliphatic heterocycles. The van der Waals surface area contributed by atoms with Gasteiger partial charge in [0.05, 0.1) is 11.2 Å². The van der Waals surface area contributed by atoms with Crippen LogP contribution in [0, 0.1) is 17.5 Å². The molecule has 40 heavy (non-hydrogen) atoms. The lowest BCUT2D eigenvalue weighted by atomic mass is 10.0. The SMILES string of the molecule is CN(Cc1cccc(F)c1CNc1ccc(S(=O)(=O)N(OC(=O)C(F)(F)F)c2cscn2)c(F)c1F)C(C)(C)C. The first-order valence-corrected chi connectivity index (χ1v) is 13.7. The fourth-order valence-electron chi connectivity index (χ4n) is 3.22. The normalized spacial score (nSPS) is 12.5. The smallest absolute Gasteiger partial charge is 0.378 e. The Bertz CT molecular complexity index is 1480. The van der Waals surface area contributed by atoms with E-state index in [1.165, 1.54) is 12.1 Å². The van der Waals surface area contributed by atoms with E-state index in [0.29, 0.717) is 18.2 Å². The summed E-state index contributed by atoms with van der Waals surface area (Å²) in [6, 6.07) is 5.73. The van der Waals surface area contributed by atoms with Gasteiger partial charge in [-0.25, -0.2) is 22.9 Å². The lowest BCUT2D eigenvalue weighted by Crippen LogP contribution is -2.39. The number of nitrogens with zero attached hydrogens (tertiary/aromatic N) is 3. The third-order valence-corrected chi connectivity index (χ3v) is 7.91. The molecule has 0 bridgehead atoms. The predicted molar refractivity (Wildman–Crippen MR) is 135 cm³/mol. The van der Waals surface area contributed by atoms with Crippen molar-refractivity contribution >= 4 is 38.8 Å².